The van der Waals surface area contributed by atoms with E-state index in [2.05, 4.69) is 31.8 Å². The molecule has 2 nitrogen and oxygen atoms in total. The van der Waals surface area contributed by atoms with Crippen LogP contribution in [0.5, 0.6) is 5.75 Å². The Morgan fingerprint density at radius 1 is 1.10 bits per heavy atom. The molecule has 0 bridgehead atoms. The van der Waals surface area contributed by atoms with Crippen LogP contribution in [0.15, 0.2) is 61.2 Å². The van der Waals surface area contributed by atoms with E-state index in [1.165, 1.54) is 12.1 Å². The van der Waals surface area contributed by atoms with Crippen LogP contribution in [-0.2, 0) is 0 Å². The van der Waals surface area contributed by atoms with Gasteiger partial charge in [-0.3, -0.25) is 0 Å². The summed E-state index contributed by atoms with van der Waals surface area (Å²) >= 11 is 6.29. The summed E-state index contributed by atoms with van der Waals surface area (Å²) in [4.78, 5) is 0. The quantitative estimate of drug-likeness (QED) is 0.460. The topological polar surface area (TPSA) is 21.3 Å². The van der Waals surface area contributed by atoms with E-state index < -0.39 is 0 Å². The van der Waals surface area contributed by atoms with Crippen molar-refractivity contribution in [1.82, 2.24) is 0 Å². The van der Waals surface area contributed by atoms with Gasteiger partial charge in [0, 0.05) is 32.9 Å². The molecule has 0 aromatic heterocycles. The van der Waals surface area contributed by atoms with E-state index in [0.717, 1.165) is 45.5 Å². The maximum Gasteiger partial charge on any atom is 0.150 e. The van der Waals surface area contributed by atoms with Gasteiger partial charge in [-0.25, -0.2) is 4.39 Å². The number of nitrogens with one attached hydrogen (secondary N) is 1. The lowest BCUT2D eigenvalue weighted by atomic mass is 9.78. The first-order chi connectivity index (χ1) is 13.8. The first-order valence-electron chi connectivity index (χ1n) is 9.68. The number of ether oxygens (including phenoxy) is 1. The predicted molar refractivity (Wildman–Crippen MR) is 117 cm³/mol. The summed E-state index contributed by atoms with van der Waals surface area (Å²) in [6, 6.07) is 16.5. The van der Waals surface area contributed by atoms with Crippen molar-refractivity contribution < 1.29 is 9.13 Å². The fourth-order valence-electron chi connectivity index (χ4n) is 4.55. The molecule has 2 heterocycles. The van der Waals surface area contributed by atoms with Gasteiger partial charge in [0.2, 0.25) is 0 Å². The zero-order chi connectivity index (χ0) is 20.3. The Labute approximate surface area is 175 Å². The second kappa shape index (κ2) is 6.36. The summed E-state index contributed by atoms with van der Waals surface area (Å²) in [5.41, 5.74) is 6.76. The van der Waals surface area contributed by atoms with E-state index in [0.29, 0.717) is 10.8 Å². The Morgan fingerprint density at radius 3 is 2.72 bits per heavy atom. The highest BCUT2D eigenvalue weighted by molar-refractivity contribution is 6.30. The Balaban J connectivity index is 1.81. The third-order valence-electron chi connectivity index (χ3n) is 5.62. The second-order valence-electron chi connectivity index (χ2n) is 8.43. The fourth-order valence-corrected chi connectivity index (χ4v) is 4.75. The summed E-state index contributed by atoms with van der Waals surface area (Å²) < 4.78 is 20.5. The number of fused-ring (bicyclic) bond motifs is 5. The summed E-state index contributed by atoms with van der Waals surface area (Å²) in [6.07, 6.45) is 0.464. The van der Waals surface area contributed by atoms with Crippen molar-refractivity contribution in [3.63, 3.8) is 0 Å². The Kier molecular flexibility index (Phi) is 4.01. The van der Waals surface area contributed by atoms with Crippen LogP contribution in [0.25, 0.3) is 16.7 Å². The van der Waals surface area contributed by atoms with Crippen LogP contribution in [-0.4, -0.2) is 5.54 Å². The molecule has 0 aliphatic carbocycles. The van der Waals surface area contributed by atoms with Crippen molar-refractivity contribution in [3.05, 3.63) is 88.7 Å². The highest BCUT2D eigenvalue weighted by Crippen LogP contribution is 2.51. The van der Waals surface area contributed by atoms with Gasteiger partial charge in [-0.05, 0) is 73.4 Å². The average molecular weight is 406 g/mol. The standard InChI is InChI=1S/C25H21ClFNO/c1-14-13-25(2,3)28-20-9-8-18-19-12-17(27)7-10-21(19)29-24(23(18)22(14)20)15-5-4-6-16(26)11-15/h4-12,24,28H,1,13H2,2-3H3. The van der Waals surface area contributed by atoms with E-state index in [1.54, 1.807) is 6.07 Å². The number of halogens is 2. The average Bonchev–Trinajstić information content (AvgIpc) is 2.65. The summed E-state index contributed by atoms with van der Waals surface area (Å²) in [5, 5.41) is 4.27. The van der Waals surface area contributed by atoms with E-state index in [1.807, 2.05) is 30.3 Å². The van der Waals surface area contributed by atoms with Gasteiger partial charge in [-0.2, -0.15) is 0 Å². The molecule has 3 aromatic carbocycles. The summed E-state index contributed by atoms with van der Waals surface area (Å²) in [6.45, 7) is 8.71. The normalized spacial score (nSPS) is 18.8. The van der Waals surface area contributed by atoms with Gasteiger partial charge in [0.1, 0.15) is 11.6 Å². The van der Waals surface area contributed by atoms with Crippen molar-refractivity contribution in [2.45, 2.75) is 31.9 Å². The van der Waals surface area contributed by atoms with Gasteiger partial charge in [-0.15, -0.1) is 0 Å². The van der Waals surface area contributed by atoms with E-state index >= 15 is 0 Å². The molecule has 146 valence electrons. The van der Waals surface area contributed by atoms with Gasteiger partial charge in [0.05, 0.1) is 0 Å². The molecule has 5 rings (SSSR count). The first-order valence-corrected chi connectivity index (χ1v) is 10.1. The zero-order valence-electron chi connectivity index (χ0n) is 16.4. The minimum atomic E-state index is -0.351. The SMILES string of the molecule is C=C1CC(C)(C)Nc2ccc3c(c21)C(c1cccc(Cl)c1)Oc1ccc(F)cc1-3. The van der Waals surface area contributed by atoms with Crippen LogP contribution >= 0.6 is 11.6 Å². The van der Waals surface area contributed by atoms with Crippen molar-refractivity contribution in [2.75, 3.05) is 5.32 Å². The fraction of sp³-hybridized carbons (Fsp3) is 0.200. The van der Waals surface area contributed by atoms with Crippen molar-refractivity contribution in [1.29, 1.82) is 0 Å². The van der Waals surface area contributed by atoms with Crippen LogP contribution < -0.4 is 10.1 Å². The highest BCUT2D eigenvalue weighted by atomic mass is 35.5. The van der Waals surface area contributed by atoms with Gasteiger partial charge >= 0.3 is 0 Å². The Hall–Kier alpha value is -2.78. The third kappa shape index (κ3) is 3.01. The summed E-state index contributed by atoms with van der Waals surface area (Å²) in [7, 11) is 0. The zero-order valence-corrected chi connectivity index (χ0v) is 17.1. The summed E-state index contributed by atoms with van der Waals surface area (Å²) in [5.74, 6) is 0.383. The molecule has 3 aromatic rings. The van der Waals surface area contributed by atoms with Crippen LogP contribution in [0.2, 0.25) is 5.02 Å². The maximum atomic E-state index is 14.1. The molecule has 0 radical (unpaired) electrons. The molecule has 0 saturated heterocycles. The predicted octanol–water partition coefficient (Wildman–Crippen LogP) is 7.24. The molecule has 0 amide bonds. The molecular weight excluding hydrogens is 385 g/mol. The van der Waals surface area contributed by atoms with Crippen molar-refractivity contribution in [2.24, 2.45) is 0 Å². The number of anilines is 1. The number of hydrogen-bond acceptors (Lipinski definition) is 2. The third-order valence-corrected chi connectivity index (χ3v) is 5.85. The molecule has 0 fully saturated rings. The number of benzene rings is 3. The Morgan fingerprint density at radius 2 is 1.93 bits per heavy atom. The van der Waals surface area contributed by atoms with Gasteiger partial charge in [0.15, 0.2) is 6.10 Å². The Bertz CT molecular complexity index is 1170. The minimum absolute atomic E-state index is 0.0799. The smallest absolute Gasteiger partial charge is 0.150 e. The van der Waals surface area contributed by atoms with E-state index in [9.17, 15) is 4.39 Å². The van der Waals surface area contributed by atoms with E-state index in [4.69, 9.17) is 16.3 Å². The lowest BCUT2D eigenvalue weighted by Gasteiger charge is -2.39. The minimum Gasteiger partial charge on any atom is -0.480 e. The highest BCUT2D eigenvalue weighted by Gasteiger charge is 2.36. The molecule has 1 unspecified atom stereocenters. The van der Waals surface area contributed by atoms with Gasteiger partial charge in [-0.1, -0.05) is 36.4 Å². The van der Waals surface area contributed by atoms with Crippen molar-refractivity contribution >= 4 is 22.9 Å². The molecule has 1 atom stereocenters. The molecule has 2 aliphatic rings. The van der Waals surface area contributed by atoms with Crippen molar-refractivity contribution in [3.8, 4) is 16.9 Å². The lowest BCUT2D eigenvalue weighted by Crippen LogP contribution is -2.35. The molecule has 1 N–H and O–H groups in total. The molecule has 2 aliphatic heterocycles. The molecular formula is C25H21ClFNO. The number of rotatable bonds is 1. The van der Waals surface area contributed by atoms with Gasteiger partial charge < -0.3 is 10.1 Å². The molecule has 0 saturated carbocycles. The molecule has 0 spiro atoms. The van der Waals surface area contributed by atoms with Crippen LogP contribution in [0.1, 0.15) is 43.1 Å². The van der Waals surface area contributed by atoms with Crippen LogP contribution in [0.4, 0.5) is 10.1 Å². The largest absolute Gasteiger partial charge is 0.480 e. The monoisotopic (exact) mass is 405 g/mol. The van der Waals surface area contributed by atoms with Gasteiger partial charge in [0.25, 0.3) is 0 Å². The lowest BCUT2D eigenvalue weighted by molar-refractivity contribution is 0.243. The number of hydrogen-bond donors (Lipinski definition) is 1. The maximum absolute atomic E-state index is 14.1. The first kappa shape index (κ1) is 18.3. The van der Waals surface area contributed by atoms with Crippen LogP contribution in [0.3, 0.4) is 0 Å². The molecule has 4 heteroatoms. The van der Waals surface area contributed by atoms with Crippen LogP contribution in [0, 0.1) is 5.82 Å². The second-order valence-corrected chi connectivity index (χ2v) is 8.87. The van der Waals surface area contributed by atoms with E-state index in [-0.39, 0.29) is 17.5 Å². The molecule has 29 heavy (non-hydrogen) atoms.